The molecule has 23 heavy (non-hydrogen) atoms. The van der Waals surface area contributed by atoms with E-state index < -0.39 is 0 Å². The van der Waals surface area contributed by atoms with E-state index in [4.69, 9.17) is 0 Å². The van der Waals surface area contributed by atoms with Gasteiger partial charge in [-0.25, -0.2) is 0 Å². The molecule has 0 unspecified atom stereocenters. The van der Waals surface area contributed by atoms with Gasteiger partial charge in [-0.05, 0) is 37.5 Å². The van der Waals surface area contributed by atoms with Crippen LogP contribution in [0.4, 0.5) is 5.69 Å². The van der Waals surface area contributed by atoms with Gasteiger partial charge in [-0.15, -0.1) is 0 Å². The molecular formula is C18H24N2O2S. The number of amides is 2. The fourth-order valence-electron chi connectivity index (χ4n) is 3.28. The zero-order valence-electron chi connectivity index (χ0n) is 13.4. The molecule has 0 atom stereocenters. The molecule has 0 radical (unpaired) electrons. The van der Waals surface area contributed by atoms with Gasteiger partial charge in [-0.1, -0.05) is 18.9 Å². The molecule has 5 heteroatoms. The van der Waals surface area contributed by atoms with Crippen molar-refractivity contribution in [3.63, 3.8) is 0 Å². The Kier molecular flexibility index (Phi) is 5.60. The SMILES string of the molecule is O=C(NCCSC1CCCC1)c1cccc(N2CCCC2=O)c1. The van der Waals surface area contributed by atoms with Crippen molar-refractivity contribution in [2.75, 3.05) is 23.7 Å². The summed E-state index contributed by atoms with van der Waals surface area (Å²) in [7, 11) is 0. The average Bonchev–Trinajstić information content (AvgIpc) is 3.23. The lowest BCUT2D eigenvalue weighted by molar-refractivity contribution is -0.117. The highest BCUT2D eigenvalue weighted by atomic mass is 32.2. The number of nitrogens with zero attached hydrogens (tertiary/aromatic N) is 1. The average molecular weight is 332 g/mol. The van der Waals surface area contributed by atoms with Gasteiger partial charge in [0.1, 0.15) is 0 Å². The van der Waals surface area contributed by atoms with E-state index in [1.54, 1.807) is 4.90 Å². The fraction of sp³-hybridized carbons (Fsp3) is 0.556. The molecule has 1 aliphatic carbocycles. The van der Waals surface area contributed by atoms with Gasteiger partial charge in [0.2, 0.25) is 5.91 Å². The molecule has 0 aromatic heterocycles. The number of rotatable bonds is 6. The molecule has 1 aromatic rings. The van der Waals surface area contributed by atoms with Gasteiger partial charge in [-0.2, -0.15) is 11.8 Å². The normalized spacial score (nSPS) is 18.6. The maximum absolute atomic E-state index is 12.3. The molecule has 1 saturated heterocycles. The van der Waals surface area contributed by atoms with Crippen LogP contribution in [0.5, 0.6) is 0 Å². The predicted octanol–water partition coefficient (Wildman–Crippen LogP) is 3.22. The number of anilines is 1. The van der Waals surface area contributed by atoms with E-state index in [1.807, 2.05) is 36.0 Å². The van der Waals surface area contributed by atoms with Crippen LogP contribution in [0.3, 0.4) is 0 Å². The summed E-state index contributed by atoms with van der Waals surface area (Å²) in [5, 5.41) is 3.78. The van der Waals surface area contributed by atoms with E-state index in [9.17, 15) is 9.59 Å². The van der Waals surface area contributed by atoms with Gasteiger partial charge in [0.15, 0.2) is 0 Å². The molecule has 2 fully saturated rings. The minimum Gasteiger partial charge on any atom is -0.351 e. The molecule has 2 aliphatic rings. The summed E-state index contributed by atoms with van der Waals surface area (Å²) in [5.74, 6) is 1.07. The summed E-state index contributed by atoms with van der Waals surface area (Å²) < 4.78 is 0. The van der Waals surface area contributed by atoms with Crippen LogP contribution >= 0.6 is 11.8 Å². The van der Waals surface area contributed by atoms with Gasteiger partial charge in [0, 0.05) is 41.8 Å². The minimum atomic E-state index is -0.0504. The van der Waals surface area contributed by atoms with Crippen molar-refractivity contribution in [3.05, 3.63) is 29.8 Å². The summed E-state index contributed by atoms with van der Waals surface area (Å²) in [6.45, 7) is 1.45. The van der Waals surface area contributed by atoms with Crippen molar-refractivity contribution in [1.82, 2.24) is 5.32 Å². The van der Waals surface area contributed by atoms with Crippen molar-refractivity contribution >= 4 is 29.3 Å². The van der Waals surface area contributed by atoms with Crippen molar-refractivity contribution in [2.45, 2.75) is 43.8 Å². The molecule has 1 saturated carbocycles. The Labute approximate surface area is 142 Å². The number of nitrogens with one attached hydrogen (secondary N) is 1. The first-order valence-electron chi connectivity index (χ1n) is 8.54. The minimum absolute atomic E-state index is 0.0504. The molecule has 0 bridgehead atoms. The van der Waals surface area contributed by atoms with Crippen LogP contribution in [0.2, 0.25) is 0 Å². The van der Waals surface area contributed by atoms with Crippen LogP contribution in [0.25, 0.3) is 0 Å². The fourth-order valence-corrected chi connectivity index (χ4v) is 4.50. The second-order valence-corrected chi connectivity index (χ2v) is 7.64. The number of carbonyl (C=O) groups excluding carboxylic acids is 2. The van der Waals surface area contributed by atoms with Crippen LogP contribution < -0.4 is 10.2 Å². The molecule has 1 N–H and O–H groups in total. The smallest absolute Gasteiger partial charge is 0.251 e. The van der Waals surface area contributed by atoms with Crippen molar-refractivity contribution in [2.24, 2.45) is 0 Å². The Bertz CT molecular complexity index is 570. The summed E-state index contributed by atoms with van der Waals surface area (Å²) in [4.78, 5) is 25.9. The molecule has 124 valence electrons. The zero-order chi connectivity index (χ0) is 16.1. The Morgan fingerprint density at radius 2 is 2.09 bits per heavy atom. The number of benzene rings is 1. The van der Waals surface area contributed by atoms with Gasteiger partial charge in [0.25, 0.3) is 5.91 Å². The third kappa shape index (κ3) is 4.28. The van der Waals surface area contributed by atoms with Crippen LogP contribution in [0, 0.1) is 0 Å². The summed E-state index contributed by atoms with van der Waals surface area (Å²) in [6, 6.07) is 7.38. The quantitative estimate of drug-likeness (QED) is 0.814. The summed E-state index contributed by atoms with van der Waals surface area (Å²) in [6.07, 6.45) is 6.86. The molecule has 4 nitrogen and oxygen atoms in total. The highest BCUT2D eigenvalue weighted by molar-refractivity contribution is 7.99. The molecular weight excluding hydrogens is 308 g/mol. The maximum Gasteiger partial charge on any atom is 0.251 e. The largest absolute Gasteiger partial charge is 0.351 e. The van der Waals surface area contributed by atoms with Crippen molar-refractivity contribution in [3.8, 4) is 0 Å². The predicted molar refractivity (Wildman–Crippen MR) is 95.1 cm³/mol. The topological polar surface area (TPSA) is 49.4 Å². The lowest BCUT2D eigenvalue weighted by Crippen LogP contribution is -2.27. The third-order valence-electron chi connectivity index (χ3n) is 4.54. The van der Waals surface area contributed by atoms with Gasteiger partial charge in [0.05, 0.1) is 0 Å². The van der Waals surface area contributed by atoms with E-state index >= 15 is 0 Å². The lowest BCUT2D eigenvalue weighted by atomic mass is 10.1. The molecule has 1 aliphatic heterocycles. The standard InChI is InChI=1S/C18H24N2O2S/c21-17-9-4-11-20(17)15-6-3-5-14(13-15)18(22)19-10-12-23-16-7-1-2-8-16/h3,5-6,13,16H,1-2,4,7-12H2,(H,19,22). The van der Waals surface area contributed by atoms with Crippen LogP contribution in [-0.2, 0) is 4.79 Å². The third-order valence-corrected chi connectivity index (χ3v) is 5.92. The molecule has 1 heterocycles. The highest BCUT2D eigenvalue weighted by Crippen LogP contribution is 2.29. The van der Waals surface area contributed by atoms with E-state index in [0.29, 0.717) is 18.5 Å². The molecule has 3 rings (SSSR count). The summed E-state index contributed by atoms with van der Waals surface area (Å²) >= 11 is 1.98. The van der Waals surface area contributed by atoms with Crippen LogP contribution in [0.15, 0.2) is 24.3 Å². The highest BCUT2D eigenvalue weighted by Gasteiger charge is 2.22. The van der Waals surface area contributed by atoms with Gasteiger partial charge < -0.3 is 10.2 Å². The van der Waals surface area contributed by atoms with E-state index in [0.717, 1.165) is 29.7 Å². The van der Waals surface area contributed by atoms with Crippen LogP contribution in [-0.4, -0.2) is 35.9 Å². The number of carbonyl (C=O) groups is 2. The van der Waals surface area contributed by atoms with E-state index in [1.165, 1.54) is 25.7 Å². The number of thioether (sulfide) groups is 1. The monoisotopic (exact) mass is 332 g/mol. The van der Waals surface area contributed by atoms with Crippen LogP contribution in [0.1, 0.15) is 48.9 Å². The molecule has 2 amide bonds. The Morgan fingerprint density at radius 3 is 2.83 bits per heavy atom. The summed E-state index contributed by atoms with van der Waals surface area (Å²) in [5.41, 5.74) is 1.47. The van der Waals surface area contributed by atoms with Crippen molar-refractivity contribution in [1.29, 1.82) is 0 Å². The van der Waals surface area contributed by atoms with Crippen molar-refractivity contribution < 1.29 is 9.59 Å². The van der Waals surface area contributed by atoms with E-state index in [2.05, 4.69) is 5.32 Å². The Hall–Kier alpha value is -1.49. The Morgan fingerprint density at radius 1 is 1.26 bits per heavy atom. The number of hydrogen-bond donors (Lipinski definition) is 1. The van der Waals surface area contributed by atoms with Gasteiger partial charge in [-0.3, -0.25) is 9.59 Å². The molecule has 0 spiro atoms. The second kappa shape index (κ2) is 7.86. The second-order valence-electron chi connectivity index (χ2n) is 6.23. The van der Waals surface area contributed by atoms with Gasteiger partial charge >= 0.3 is 0 Å². The molecule has 1 aromatic carbocycles. The number of hydrogen-bond acceptors (Lipinski definition) is 3. The first-order valence-corrected chi connectivity index (χ1v) is 9.59. The van der Waals surface area contributed by atoms with E-state index in [-0.39, 0.29) is 11.8 Å². The lowest BCUT2D eigenvalue weighted by Gasteiger charge is -2.16. The maximum atomic E-state index is 12.3. The first-order chi connectivity index (χ1) is 11.2. The zero-order valence-corrected chi connectivity index (χ0v) is 14.2. The Balaban J connectivity index is 1.49. The first kappa shape index (κ1) is 16.4.